The number of carboxylic acids is 1. The van der Waals surface area contributed by atoms with E-state index in [4.69, 9.17) is 5.11 Å². The van der Waals surface area contributed by atoms with E-state index in [1.54, 1.807) is 0 Å². The normalized spacial score (nSPS) is 15.2. The van der Waals surface area contributed by atoms with E-state index in [2.05, 4.69) is 17.2 Å². The van der Waals surface area contributed by atoms with Gasteiger partial charge in [-0.15, -0.1) is 6.58 Å². The van der Waals surface area contributed by atoms with Crippen molar-refractivity contribution in [3.8, 4) is 0 Å². The second kappa shape index (κ2) is 6.77. The molecular weight excluding hydrogens is 250 g/mol. The molecule has 0 aromatic heterocycles. The third-order valence-electron chi connectivity index (χ3n) is 2.67. The monoisotopic (exact) mass is 269 g/mol. The second-order valence-corrected chi connectivity index (χ2v) is 4.56. The fraction of sp³-hybridized carbons (Fsp3) is 0.583. The second-order valence-electron chi connectivity index (χ2n) is 4.56. The van der Waals surface area contributed by atoms with Gasteiger partial charge in [0.05, 0.1) is 0 Å². The van der Waals surface area contributed by atoms with E-state index in [9.17, 15) is 14.4 Å². The summed E-state index contributed by atoms with van der Waals surface area (Å²) in [5, 5.41) is 14.0. The maximum Gasteiger partial charge on any atom is 0.326 e. The average Bonchev–Trinajstić information content (AvgIpc) is 3.11. The summed E-state index contributed by atoms with van der Waals surface area (Å²) >= 11 is 0. The van der Waals surface area contributed by atoms with Crippen LogP contribution in [0.1, 0.15) is 19.3 Å². The van der Waals surface area contributed by atoms with Crippen LogP contribution < -0.4 is 10.6 Å². The largest absolute Gasteiger partial charge is 0.480 e. The zero-order chi connectivity index (χ0) is 14.4. The number of amides is 3. The van der Waals surface area contributed by atoms with Crippen LogP contribution in [-0.4, -0.2) is 53.6 Å². The number of carbonyl (C=O) groups excluding carboxylic acids is 2. The minimum atomic E-state index is -1.14. The lowest BCUT2D eigenvalue weighted by Gasteiger charge is -2.20. The molecule has 19 heavy (non-hydrogen) atoms. The minimum absolute atomic E-state index is 0.0945. The van der Waals surface area contributed by atoms with E-state index < -0.39 is 18.0 Å². The summed E-state index contributed by atoms with van der Waals surface area (Å²) in [4.78, 5) is 35.2. The van der Waals surface area contributed by atoms with Gasteiger partial charge < -0.3 is 20.6 Å². The summed E-state index contributed by atoms with van der Waals surface area (Å²) in [5.74, 6) is -1.38. The zero-order valence-electron chi connectivity index (χ0n) is 10.9. The molecule has 0 saturated heterocycles. The van der Waals surface area contributed by atoms with Crippen LogP contribution in [0.4, 0.5) is 4.79 Å². The van der Waals surface area contributed by atoms with Crippen LogP contribution in [0.15, 0.2) is 12.7 Å². The molecule has 0 heterocycles. The fourth-order valence-electron chi connectivity index (χ4n) is 1.44. The molecular formula is C12H19N3O4. The molecule has 1 unspecified atom stereocenters. The van der Waals surface area contributed by atoms with Gasteiger partial charge in [0, 0.05) is 13.1 Å². The van der Waals surface area contributed by atoms with Crippen molar-refractivity contribution in [3.05, 3.63) is 12.7 Å². The van der Waals surface area contributed by atoms with Crippen molar-refractivity contribution in [2.45, 2.75) is 31.3 Å². The molecule has 1 aliphatic carbocycles. The predicted molar refractivity (Wildman–Crippen MR) is 68.6 cm³/mol. The van der Waals surface area contributed by atoms with Gasteiger partial charge in [0.25, 0.3) is 0 Å². The fourth-order valence-corrected chi connectivity index (χ4v) is 1.44. The third kappa shape index (κ3) is 5.41. The summed E-state index contributed by atoms with van der Waals surface area (Å²) in [6.45, 7) is 3.34. The maximum absolute atomic E-state index is 11.7. The van der Waals surface area contributed by atoms with Crippen molar-refractivity contribution < 1.29 is 19.5 Å². The van der Waals surface area contributed by atoms with Crippen molar-refractivity contribution in [2.24, 2.45) is 0 Å². The molecule has 1 atom stereocenters. The first-order valence-electron chi connectivity index (χ1n) is 6.08. The van der Waals surface area contributed by atoms with E-state index in [-0.39, 0.29) is 24.9 Å². The van der Waals surface area contributed by atoms with Crippen molar-refractivity contribution in [1.82, 2.24) is 15.5 Å². The molecule has 3 amide bonds. The number of nitrogens with zero attached hydrogens (tertiary/aromatic N) is 1. The number of aliphatic carboxylic acids is 1. The molecule has 0 radical (unpaired) electrons. The van der Waals surface area contributed by atoms with Gasteiger partial charge in [0.1, 0.15) is 12.6 Å². The highest BCUT2D eigenvalue weighted by atomic mass is 16.4. The van der Waals surface area contributed by atoms with Gasteiger partial charge in [-0.1, -0.05) is 6.08 Å². The maximum atomic E-state index is 11.7. The Kier molecular flexibility index (Phi) is 5.35. The van der Waals surface area contributed by atoms with Gasteiger partial charge in [0.15, 0.2) is 0 Å². The number of urea groups is 1. The first-order valence-corrected chi connectivity index (χ1v) is 6.08. The molecule has 7 nitrogen and oxygen atoms in total. The molecule has 1 saturated carbocycles. The Morgan fingerprint density at radius 3 is 2.58 bits per heavy atom. The van der Waals surface area contributed by atoms with Crippen LogP contribution in [-0.2, 0) is 9.59 Å². The van der Waals surface area contributed by atoms with Crippen molar-refractivity contribution >= 4 is 17.9 Å². The highest BCUT2D eigenvalue weighted by Crippen LogP contribution is 2.18. The van der Waals surface area contributed by atoms with Crippen LogP contribution in [0.3, 0.4) is 0 Å². The predicted octanol–water partition coefficient (Wildman–Crippen LogP) is -0.0643. The van der Waals surface area contributed by atoms with Gasteiger partial charge in [-0.3, -0.25) is 4.79 Å². The number of carboxylic acid groups (broad SMARTS) is 1. The highest BCUT2D eigenvalue weighted by molar-refractivity contribution is 5.86. The van der Waals surface area contributed by atoms with Crippen LogP contribution >= 0.6 is 0 Å². The van der Waals surface area contributed by atoms with Crippen molar-refractivity contribution in [3.63, 3.8) is 0 Å². The van der Waals surface area contributed by atoms with Crippen molar-refractivity contribution in [1.29, 1.82) is 0 Å². The van der Waals surface area contributed by atoms with Crippen LogP contribution in [0.2, 0.25) is 0 Å². The Hall–Kier alpha value is -2.05. The summed E-state index contributed by atoms with van der Waals surface area (Å²) in [6, 6.07) is -1.39. The van der Waals surface area contributed by atoms with Gasteiger partial charge in [-0.05, 0) is 19.3 Å². The Balaban J connectivity index is 2.38. The summed E-state index contributed by atoms with van der Waals surface area (Å²) in [7, 11) is 1.44. The Bertz CT molecular complexity index is 379. The molecule has 0 aliphatic heterocycles. The van der Waals surface area contributed by atoms with Crippen LogP contribution in [0.25, 0.3) is 0 Å². The zero-order valence-corrected chi connectivity index (χ0v) is 10.9. The number of rotatable bonds is 7. The Morgan fingerprint density at radius 1 is 1.47 bits per heavy atom. The van der Waals surface area contributed by atoms with E-state index >= 15 is 0 Å². The summed E-state index contributed by atoms with van der Waals surface area (Å²) in [6.07, 6.45) is 3.49. The smallest absolute Gasteiger partial charge is 0.326 e. The number of carbonyl (C=O) groups is 3. The van der Waals surface area contributed by atoms with Gasteiger partial charge >= 0.3 is 12.0 Å². The molecule has 3 N–H and O–H groups in total. The van der Waals surface area contributed by atoms with E-state index in [1.165, 1.54) is 13.1 Å². The molecule has 1 aliphatic rings. The molecule has 0 bridgehead atoms. The molecule has 7 heteroatoms. The molecule has 106 valence electrons. The Morgan fingerprint density at radius 2 is 2.11 bits per heavy atom. The van der Waals surface area contributed by atoms with Gasteiger partial charge in [-0.25, -0.2) is 9.59 Å². The number of hydrogen-bond donors (Lipinski definition) is 3. The number of nitrogens with one attached hydrogen (secondary N) is 2. The first kappa shape index (κ1) is 15.0. The van der Waals surface area contributed by atoms with Gasteiger partial charge in [0.2, 0.25) is 5.91 Å². The first-order chi connectivity index (χ1) is 8.93. The summed E-state index contributed by atoms with van der Waals surface area (Å²) in [5.41, 5.74) is 0. The van der Waals surface area contributed by atoms with Crippen LogP contribution in [0, 0.1) is 0 Å². The molecule has 0 aromatic carbocycles. The standard InChI is InChI=1S/C12H19N3O4/c1-3-4-9(11(17)18)14-12(19)15(2)7-10(16)13-8-5-6-8/h3,8-9H,1,4-7H2,2H3,(H,13,16)(H,14,19)(H,17,18). The minimum Gasteiger partial charge on any atom is -0.480 e. The lowest BCUT2D eigenvalue weighted by Crippen LogP contribution is -2.49. The third-order valence-corrected chi connectivity index (χ3v) is 2.67. The molecule has 0 aromatic rings. The van der Waals surface area contributed by atoms with E-state index in [1.807, 2.05) is 0 Å². The molecule has 0 spiro atoms. The van der Waals surface area contributed by atoms with Crippen LogP contribution in [0.5, 0.6) is 0 Å². The Labute approximate surface area is 111 Å². The summed E-state index contributed by atoms with van der Waals surface area (Å²) < 4.78 is 0. The lowest BCUT2D eigenvalue weighted by atomic mass is 10.2. The SMILES string of the molecule is C=CCC(NC(=O)N(C)CC(=O)NC1CC1)C(=O)O. The van der Waals surface area contributed by atoms with Gasteiger partial charge in [-0.2, -0.15) is 0 Å². The topological polar surface area (TPSA) is 98.7 Å². The van der Waals surface area contributed by atoms with Crippen molar-refractivity contribution in [2.75, 3.05) is 13.6 Å². The van der Waals surface area contributed by atoms with E-state index in [0.717, 1.165) is 17.7 Å². The molecule has 1 fully saturated rings. The quantitative estimate of drug-likeness (QED) is 0.564. The highest BCUT2D eigenvalue weighted by Gasteiger charge is 2.25. The number of likely N-dealkylation sites (N-methyl/N-ethyl adjacent to an activating group) is 1. The molecule has 1 rings (SSSR count). The average molecular weight is 269 g/mol. The lowest BCUT2D eigenvalue weighted by molar-refractivity contribution is -0.139. The van der Waals surface area contributed by atoms with E-state index in [0.29, 0.717) is 0 Å². The number of hydrogen-bond acceptors (Lipinski definition) is 3.